The van der Waals surface area contributed by atoms with Crippen LogP contribution in [0.25, 0.3) is 0 Å². The molecule has 1 aliphatic rings. The fraction of sp³-hybridized carbons (Fsp3) is 0.462. The lowest BCUT2D eigenvalue weighted by Crippen LogP contribution is -2.48. The molecule has 0 bridgehead atoms. The van der Waals surface area contributed by atoms with Crippen LogP contribution >= 0.6 is 0 Å². The van der Waals surface area contributed by atoms with Gasteiger partial charge in [-0.25, -0.2) is 12.8 Å². The van der Waals surface area contributed by atoms with Gasteiger partial charge in [-0.3, -0.25) is 4.79 Å². The molecule has 2 rings (SSSR count). The van der Waals surface area contributed by atoms with Crippen LogP contribution in [0, 0.1) is 12.7 Å². The van der Waals surface area contributed by atoms with Crippen LogP contribution in [0.15, 0.2) is 23.1 Å². The largest absolute Gasteiger partial charge is 0.480 e. The number of aliphatic carboxylic acids is 1. The minimum atomic E-state index is -4.13. The molecule has 20 heavy (non-hydrogen) atoms. The lowest BCUT2D eigenvalue weighted by molar-refractivity contribution is -0.142. The summed E-state index contributed by atoms with van der Waals surface area (Å²) in [6, 6.07) is 2.67. The number of rotatable bonds is 3. The molecule has 1 aromatic rings. The summed E-state index contributed by atoms with van der Waals surface area (Å²) < 4.78 is 39.7. The molecule has 1 N–H and O–H groups in total. The van der Waals surface area contributed by atoms with Crippen molar-refractivity contribution < 1.29 is 22.7 Å². The van der Waals surface area contributed by atoms with Crippen molar-refractivity contribution in [3.8, 4) is 0 Å². The van der Waals surface area contributed by atoms with Crippen molar-refractivity contribution in [2.75, 3.05) is 6.54 Å². The van der Waals surface area contributed by atoms with E-state index in [0.29, 0.717) is 18.4 Å². The van der Waals surface area contributed by atoms with E-state index in [1.165, 1.54) is 12.1 Å². The molecule has 0 radical (unpaired) electrons. The third-order valence-electron chi connectivity index (χ3n) is 3.41. The number of nitrogens with zero attached hydrogens (tertiary/aromatic N) is 1. The quantitative estimate of drug-likeness (QED) is 0.923. The number of aryl methyl sites for hydroxylation is 1. The Balaban J connectivity index is 2.47. The average molecular weight is 301 g/mol. The molecule has 7 heteroatoms. The third-order valence-corrected chi connectivity index (χ3v) is 5.34. The van der Waals surface area contributed by atoms with Gasteiger partial charge in [-0.15, -0.1) is 0 Å². The molecule has 110 valence electrons. The SMILES string of the molecule is Cc1ccc(F)c(S(=O)(=O)N2CCCCC2C(=O)O)c1. The van der Waals surface area contributed by atoms with E-state index in [1.54, 1.807) is 6.92 Å². The van der Waals surface area contributed by atoms with Crippen LogP contribution in [0.3, 0.4) is 0 Å². The maximum atomic E-state index is 13.8. The second-order valence-electron chi connectivity index (χ2n) is 4.90. The van der Waals surface area contributed by atoms with Gasteiger partial charge in [-0.05, 0) is 43.9 Å². The zero-order chi connectivity index (χ0) is 14.9. The fourth-order valence-corrected chi connectivity index (χ4v) is 4.18. The maximum absolute atomic E-state index is 13.8. The first-order valence-corrected chi connectivity index (χ1v) is 7.79. The minimum absolute atomic E-state index is 0.104. The molecule has 5 nitrogen and oxygen atoms in total. The molecular weight excluding hydrogens is 285 g/mol. The number of benzene rings is 1. The molecule has 1 aliphatic heterocycles. The molecule has 1 unspecified atom stereocenters. The van der Waals surface area contributed by atoms with Crippen molar-refractivity contribution in [3.05, 3.63) is 29.6 Å². The van der Waals surface area contributed by atoms with E-state index in [4.69, 9.17) is 5.11 Å². The Morgan fingerprint density at radius 1 is 1.40 bits per heavy atom. The first-order chi connectivity index (χ1) is 9.34. The summed E-state index contributed by atoms with van der Waals surface area (Å²) in [4.78, 5) is 10.7. The summed E-state index contributed by atoms with van der Waals surface area (Å²) in [5, 5.41) is 9.14. The summed E-state index contributed by atoms with van der Waals surface area (Å²) in [7, 11) is -4.13. The smallest absolute Gasteiger partial charge is 0.322 e. The van der Waals surface area contributed by atoms with Gasteiger partial charge >= 0.3 is 5.97 Å². The number of carboxylic acids is 1. The van der Waals surface area contributed by atoms with Gasteiger partial charge in [0.1, 0.15) is 16.8 Å². The van der Waals surface area contributed by atoms with Crippen LogP contribution in [-0.4, -0.2) is 36.4 Å². The van der Waals surface area contributed by atoms with Crippen LogP contribution in [0.5, 0.6) is 0 Å². The van der Waals surface area contributed by atoms with Crippen LogP contribution in [0.2, 0.25) is 0 Å². The summed E-state index contributed by atoms with van der Waals surface area (Å²) >= 11 is 0. The molecule has 0 amide bonds. The molecule has 0 saturated carbocycles. The van der Waals surface area contributed by atoms with Crippen molar-refractivity contribution in [1.29, 1.82) is 0 Å². The van der Waals surface area contributed by atoms with Crippen molar-refractivity contribution in [2.24, 2.45) is 0 Å². The molecule has 1 saturated heterocycles. The van der Waals surface area contributed by atoms with Crippen LogP contribution in [-0.2, 0) is 14.8 Å². The molecule has 1 aromatic carbocycles. The molecule has 1 atom stereocenters. The van der Waals surface area contributed by atoms with Crippen molar-refractivity contribution in [2.45, 2.75) is 37.1 Å². The summed E-state index contributed by atoms with van der Waals surface area (Å²) in [5.74, 6) is -2.05. The first-order valence-electron chi connectivity index (χ1n) is 6.35. The Morgan fingerprint density at radius 2 is 2.10 bits per heavy atom. The van der Waals surface area contributed by atoms with Crippen molar-refractivity contribution >= 4 is 16.0 Å². The Labute approximate surface area is 117 Å². The van der Waals surface area contributed by atoms with Crippen LogP contribution in [0.4, 0.5) is 4.39 Å². The van der Waals surface area contributed by atoms with Gasteiger partial charge in [0.05, 0.1) is 0 Å². The Bertz CT molecular complexity index is 629. The van der Waals surface area contributed by atoms with Crippen LogP contribution < -0.4 is 0 Å². The minimum Gasteiger partial charge on any atom is -0.480 e. The lowest BCUT2D eigenvalue weighted by atomic mass is 10.1. The van der Waals surface area contributed by atoms with Gasteiger partial charge in [0.25, 0.3) is 0 Å². The van der Waals surface area contributed by atoms with Gasteiger partial charge in [0.15, 0.2) is 0 Å². The Morgan fingerprint density at radius 3 is 2.75 bits per heavy atom. The topological polar surface area (TPSA) is 74.7 Å². The van der Waals surface area contributed by atoms with E-state index < -0.39 is 32.7 Å². The van der Waals surface area contributed by atoms with E-state index in [0.717, 1.165) is 10.4 Å². The van der Waals surface area contributed by atoms with Gasteiger partial charge in [-0.1, -0.05) is 6.07 Å². The number of hydrogen-bond donors (Lipinski definition) is 1. The van der Waals surface area contributed by atoms with Gasteiger partial charge in [0, 0.05) is 6.54 Å². The standard InChI is InChI=1S/C13H16FNO4S/c1-9-5-6-10(14)12(8-9)20(18,19)15-7-3-2-4-11(15)13(16)17/h5-6,8,11H,2-4,7H2,1H3,(H,16,17). The van der Waals surface area contributed by atoms with Gasteiger partial charge in [0.2, 0.25) is 10.0 Å². The zero-order valence-corrected chi connectivity index (χ0v) is 11.9. The Kier molecular flexibility index (Phi) is 4.10. The molecule has 1 heterocycles. The highest BCUT2D eigenvalue weighted by molar-refractivity contribution is 7.89. The highest BCUT2D eigenvalue weighted by Gasteiger charge is 2.38. The second-order valence-corrected chi connectivity index (χ2v) is 6.76. The van der Waals surface area contributed by atoms with Crippen molar-refractivity contribution in [3.63, 3.8) is 0 Å². The number of hydrogen-bond acceptors (Lipinski definition) is 3. The number of carboxylic acid groups (broad SMARTS) is 1. The highest BCUT2D eigenvalue weighted by atomic mass is 32.2. The van der Waals surface area contributed by atoms with Gasteiger partial charge < -0.3 is 5.11 Å². The molecule has 1 fully saturated rings. The van der Waals surface area contributed by atoms with E-state index >= 15 is 0 Å². The third kappa shape index (κ3) is 2.69. The monoisotopic (exact) mass is 301 g/mol. The fourth-order valence-electron chi connectivity index (χ4n) is 2.37. The molecule has 0 spiro atoms. The predicted molar refractivity (Wildman–Crippen MR) is 70.3 cm³/mol. The molecule has 0 aliphatic carbocycles. The van der Waals surface area contributed by atoms with E-state index in [2.05, 4.69) is 0 Å². The van der Waals surface area contributed by atoms with Crippen LogP contribution in [0.1, 0.15) is 24.8 Å². The predicted octanol–water partition coefficient (Wildman–Crippen LogP) is 1.76. The number of halogens is 1. The summed E-state index contributed by atoms with van der Waals surface area (Å²) in [5.41, 5.74) is 0.605. The van der Waals surface area contributed by atoms with E-state index in [-0.39, 0.29) is 13.0 Å². The van der Waals surface area contributed by atoms with Crippen molar-refractivity contribution in [1.82, 2.24) is 4.31 Å². The zero-order valence-electron chi connectivity index (χ0n) is 11.0. The maximum Gasteiger partial charge on any atom is 0.322 e. The van der Waals surface area contributed by atoms with Gasteiger partial charge in [-0.2, -0.15) is 4.31 Å². The van der Waals surface area contributed by atoms with E-state index in [1.807, 2.05) is 0 Å². The number of sulfonamides is 1. The summed E-state index contributed by atoms with van der Waals surface area (Å²) in [6.07, 6.45) is 1.48. The average Bonchev–Trinajstić information content (AvgIpc) is 2.41. The first kappa shape index (κ1) is 14.9. The summed E-state index contributed by atoms with van der Waals surface area (Å²) in [6.45, 7) is 1.76. The number of piperidine rings is 1. The lowest BCUT2D eigenvalue weighted by Gasteiger charge is -2.31. The number of carbonyl (C=O) groups is 1. The Hall–Kier alpha value is -1.47. The second kappa shape index (κ2) is 5.49. The molecular formula is C13H16FNO4S. The highest BCUT2D eigenvalue weighted by Crippen LogP contribution is 2.27. The molecule has 0 aromatic heterocycles. The van der Waals surface area contributed by atoms with E-state index in [9.17, 15) is 17.6 Å². The normalized spacial score (nSPS) is 20.8.